The molecular formula is C16H17ClFNO. The van der Waals surface area contributed by atoms with Crippen molar-refractivity contribution in [3.05, 3.63) is 70.0 Å². The van der Waals surface area contributed by atoms with Gasteiger partial charge in [-0.25, -0.2) is 4.39 Å². The minimum atomic E-state index is -1.03. The van der Waals surface area contributed by atoms with Crippen LogP contribution in [0.4, 0.5) is 4.39 Å². The van der Waals surface area contributed by atoms with E-state index in [1.165, 1.54) is 18.2 Å². The van der Waals surface area contributed by atoms with Crippen molar-refractivity contribution in [2.45, 2.75) is 18.9 Å². The molecule has 20 heavy (non-hydrogen) atoms. The molecular weight excluding hydrogens is 277 g/mol. The average molecular weight is 294 g/mol. The Labute approximate surface area is 123 Å². The molecule has 2 aromatic carbocycles. The van der Waals surface area contributed by atoms with E-state index in [2.05, 4.69) is 0 Å². The highest BCUT2D eigenvalue weighted by atomic mass is 35.5. The van der Waals surface area contributed by atoms with Crippen molar-refractivity contribution in [2.75, 3.05) is 6.54 Å². The van der Waals surface area contributed by atoms with Crippen LogP contribution in [0.3, 0.4) is 0 Å². The van der Waals surface area contributed by atoms with Crippen molar-refractivity contribution < 1.29 is 9.50 Å². The summed E-state index contributed by atoms with van der Waals surface area (Å²) in [5.41, 5.74) is 7.93. The summed E-state index contributed by atoms with van der Waals surface area (Å²) in [6.45, 7) is 2.20. The Balaban J connectivity index is 2.35. The van der Waals surface area contributed by atoms with Gasteiger partial charge in [-0.05, 0) is 30.7 Å². The Morgan fingerprint density at radius 1 is 1.20 bits per heavy atom. The van der Waals surface area contributed by atoms with Crippen LogP contribution in [0.1, 0.15) is 28.7 Å². The van der Waals surface area contributed by atoms with Crippen molar-refractivity contribution in [2.24, 2.45) is 5.73 Å². The Morgan fingerprint density at radius 3 is 2.45 bits per heavy atom. The zero-order chi connectivity index (χ0) is 14.7. The lowest BCUT2D eigenvalue weighted by Gasteiger charge is -2.23. The fourth-order valence-electron chi connectivity index (χ4n) is 2.22. The molecule has 0 aromatic heterocycles. The zero-order valence-corrected chi connectivity index (χ0v) is 11.9. The molecule has 0 saturated carbocycles. The van der Waals surface area contributed by atoms with E-state index in [9.17, 15) is 9.50 Å². The van der Waals surface area contributed by atoms with Gasteiger partial charge in [0.05, 0.1) is 6.10 Å². The summed E-state index contributed by atoms with van der Waals surface area (Å²) in [6.07, 6.45) is -1.03. The topological polar surface area (TPSA) is 46.2 Å². The first kappa shape index (κ1) is 15.0. The molecule has 2 unspecified atom stereocenters. The van der Waals surface area contributed by atoms with Crippen LogP contribution < -0.4 is 5.73 Å². The van der Waals surface area contributed by atoms with Gasteiger partial charge in [-0.2, -0.15) is 0 Å². The number of hydrogen-bond donors (Lipinski definition) is 2. The van der Waals surface area contributed by atoms with Crippen molar-refractivity contribution >= 4 is 11.6 Å². The van der Waals surface area contributed by atoms with E-state index in [1.807, 2.05) is 31.2 Å². The SMILES string of the molecule is Cc1ccc(C(CN)C(O)c2cc(Cl)ccc2F)cc1. The Bertz CT molecular complexity index is 586. The minimum absolute atomic E-state index is 0.175. The molecule has 4 heteroatoms. The van der Waals surface area contributed by atoms with E-state index in [0.29, 0.717) is 5.02 Å². The van der Waals surface area contributed by atoms with E-state index < -0.39 is 11.9 Å². The summed E-state index contributed by atoms with van der Waals surface area (Å²) < 4.78 is 13.8. The monoisotopic (exact) mass is 293 g/mol. The molecule has 106 valence electrons. The molecule has 0 heterocycles. The summed E-state index contributed by atoms with van der Waals surface area (Å²) in [5, 5.41) is 10.8. The van der Waals surface area contributed by atoms with Gasteiger partial charge in [0.2, 0.25) is 0 Å². The standard InChI is InChI=1S/C16H17ClFNO/c1-10-2-4-11(5-3-10)14(9-19)16(20)13-8-12(17)6-7-15(13)18/h2-8,14,16,20H,9,19H2,1H3. The van der Waals surface area contributed by atoms with Crippen LogP contribution in [-0.4, -0.2) is 11.7 Å². The van der Waals surface area contributed by atoms with Crippen molar-refractivity contribution in [3.63, 3.8) is 0 Å². The lowest BCUT2D eigenvalue weighted by atomic mass is 9.88. The quantitative estimate of drug-likeness (QED) is 0.905. The number of nitrogens with two attached hydrogens (primary N) is 1. The lowest BCUT2D eigenvalue weighted by Crippen LogP contribution is -2.21. The number of benzene rings is 2. The highest BCUT2D eigenvalue weighted by Crippen LogP contribution is 2.32. The van der Waals surface area contributed by atoms with Crippen LogP contribution in [0.5, 0.6) is 0 Å². The normalized spacial score (nSPS) is 14.1. The van der Waals surface area contributed by atoms with Crippen LogP contribution in [0, 0.1) is 12.7 Å². The molecule has 0 radical (unpaired) electrons. The lowest BCUT2D eigenvalue weighted by molar-refractivity contribution is 0.143. The molecule has 0 fully saturated rings. The van der Waals surface area contributed by atoms with Gasteiger partial charge in [0.25, 0.3) is 0 Å². The third-order valence-electron chi connectivity index (χ3n) is 3.42. The largest absolute Gasteiger partial charge is 0.388 e. The van der Waals surface area contributed by atoms with Gasteiger partial charge in [0.1, 0.15) is 5.82 Å². The number of halogens is 2. The molecule has 3 N–H and O–H groups in total. The molecule has 2 nitrogen and oxygen atoms in total. The van der Waals surface area contributed by atoms with E-state index in [0.717, 1.165) is 11.1 Å². The van der Waals surface area contributed by atoms with Crippen LogP contribution >= 0.6 is 11.6 Å². The van der Waals surface area contributed by atoms with Crippen LogP contribution in [0.25, 0.3) is 0 Å². The highest BCUT2D eigenvalue weighted by Gasteiger charge is 2.24. The van der Waals surface area contributed by atoms with Gasteiger partial charge in [-0.1, -0.05) is 41.4 Å². The number of aliphatic hydroxyl groups is 1. The maximum Gasteiger partial charge on any atom is 0.129 e. The second kappa shape index (κ2) is 6.35. The van der Waals surface area contributed by atoms with Gasteiger partial charge in [-0.3, -0.25) is 0 Å². The molecule has 0 aliphatic rings. The molecule has 0 spiro atoms. The Morgan fingerprint density at radius 2 is 1.85 bits per heavy atom. The molecule has 2 aromatic rings. The molecule has 0 bridgehead atoms. The fourth-order valence-corrected chi connectivity index (χ4v) is 2.40. The molecule has 0 saturated heterocycles. The maximum absolute atomic E-state index is 13.8. The number of hydrogen-bond acceptors (Lipinski definition) is 2. The predicted octanol–water partition coefficient (Wildman–Crippen LogP) is 3.56. The van der Waals surface area contributed by atoms with Gasteiger partial charge < -0.3 is 10.8 Å². The first-order valence-electron chi connectivity index (χ1n) is 6.42. The van der Waals surface area contributed by atoms with Crippen molar-refractivity contribution in [3.8, 4) is 0 Å². The summed E-state index contributed by atoms with van der Waals surface area (Å²) >= 11 is 5.87. The first-order chi connectivity index (χ1) is 9.52. The smallest absolute Gasteiger partial charge is 0.129 e. The van der Waals surface area contributed by atoms with Crippen LogP contribution in [0.15, 0.2) is 42.5 Å². The number of rotatable bonds is 4. The van der Waals surface area contributed by atoms with Gasteiger partial charge >= 0.3 is 0 Å². The first-order valence-corrected chi connectivity index (χ1v) is 6.80. The minimum Gasteiger partial charge on any atom is -0.388 e. The fraction of sp³-hybridized carbons (Fsp3) is 0.250. The molecule has 2 rings (SSSR count). The van der Waals surface area contributed by atoms with Gasteiger partial charge in [0.15, 0.2) is 0 Å². The average Bonchev–Trinajstić information content (AvgIpc) is 2.44. The van der Waals surface area contributed by atoms with Crippen molar-refractivity contribution in [1.82, 2.24) is 0 Å². The summed E-state index contributed by atoms with van der Waals surface area (Å²) in [6, 6.07) is 11.8. The Hall–Kier alpha value is -1.42. The predicted molar refractivity (Wildman–Crippen MR) is 79.3 cm³/mol. The molecule has 0 aliphatic carbocycles. The highest BCUT2D eigenvalue weighted by molar-refractivity contribution is 6.30. The molecule has 0 aliphatic heterocycles. The van der Waals surface area contributed by atoms with Gasteiger partial charge in [0, 0.05) is 23.0 Å². The second-order valence-electron chi connectivity index (χ2n) is 4.86. The van der Waals surface area contributed by atoms with E-state index in [4.69, 9.17) is 17.3 Å². The third kappa shape index (κ3) is 3.18. The van der Waals surface area contributed by atoms with Crippen LogP contribution in [-0.2, 0) is 0 Å². The second-order valence-corrected chi connectivity index (χ2v) is 5.30. The maximum atomic E-state index is 13.8. The number of aryl methyl sites for hydroxylation is 1. The molecule has 0 amide bonds. The summed E-state index contributed by atoms with van der Waals surface area (Å²) in [7, 11) is 0. The zero-order valence-electron chi connectivity index (χ0n) is 11.2. The van der Waals surface area contributed by atoms with Crippen molar-refractivity contribution in [1.29, 1.82) is 0 Å². The number of aliphatic hydroxyl groups excluding tert-OH is 1. The van der Waals surface area contributed by atoms with E-state index in [-0.39, 0.29) is 18.0 Å². The van der Waals surface area contributed by atoms with E-state index >= 15 is 0 Å². The van der Waals surface area contributed by atoms with E-state index in [1.54, 1.807) is 0 Å². The molecule has 2 atom stereocenters. The van der Waals surface area contributed by atoms with Gasteiger partial charge in [-0.15, -0.1) is 0 Å². The van der Waals surface area contributed by atoms with Crippen LogP contribution in [0.2, 0.25) is 5.02 Å². The Kier molecular flexibility index (Phi) is 4.76. The summed E-state index contributed by atoms with van der Waals surface area (Å²) in [4.78, 5) is 0. The third-order valence-corrected chi connectivity index (χ3v) is 3.65. The summed E-state index contributed by atoms with van der Waals surface area (Å²) in [5.74, 6) is -0.851.